The Morgan fingerprint density at radius 3 is 2.48 bits per heavy atom. The monoisotopic (exact) mass is 387 g/mol. The first-order valence-corrected chi connectivity index (χ1v) is 9.76. The molecule has 0 atom stereocenters. The Hall–Kier alpha value is -2.24. The first-order chi connectivity index (χ1) is 13.2. The van der Waals surface area contributed by atoms with Crippen LogP contribution in [0.1, 0.15) is 18.4 Å². The maximum atomic E-state index is 12.0. The lowest BCUT2D eigenvalue weighted by Crippen LogP contribution is -2.48. The molecule has 1 aliphatic rings. The number of carbonyl (C=O) groups excluding carboxylic acids is 1. The minimum Gasteiger partial charge on any atom is -0.492 e. The summed E-state index contributed by atoms with van der Waals surface area (Å²) in [5.74, 6) is 0.743. The molecule has 144 valence electrons. The van der Waals surface area contributed by atoms with E-state index in [4.69, 9.17) is 16.3 Å². The van der Waals surface area contributed by atoms with E-state index in [1.54, 1.807) is 12.1 Å². The van der Waals surface area contributed by atoms with Gasteiger partial charge in [-0.3, -0.25) is 4.90 Å². The zero-order valence-corrected chi connectivity index (χ0v) is 16.1. The minimum atomic E-state index is -0.129. The van der Waals surface area contributed by atoms with Gasteiger partial charge in [0.25, 0.3) is 0 Å². The number of benzene rings is 2. The van der Waals surface area contributed by atoms with Gasteiger partial charge in [-0.15, -0.1) is 0 Å². The number of nitrogens with zero attached hydrogens (tertiary/aromatic N) is 1. The summed E-state index contributed by atoms with van der Waals surface area (Å²) in [5.41, 5.74) is 1.34. The summed E-state index contributed by atoms with van der Waals surface area (Å²) in [6.45, 7) is 3.85. The summed E-state index contributed by atoms with van der Waals surface area (Å²) >= 11 is 5.83. The summed E-state index contributed by atoms with van der Waals surface area (Å²) in [6, 6.07) is 17.8. The van der Waals surface area contributed by atoms with Gasteiger partial charge in [-0.05, 0) is 42.7 Å². The number of amides is 2. The molecule has 2 aromatic carbocycles. The molecule has 0 radical (unpaired) electrons. The van der Waals surface area contributed by atoms with Crippen molar-refractivity contribution in [1.29, 1.82) is 0 Å². The second-order valence-corrected chi connectivity index (χ2v) is 7.18. The van der Waals surface area contributed by atoms with Crippen molar-refractivity contribution in [1.82, 2.24) is 15.5 Å². The van der Waals surface area contributed by atoms with E-state index < -0.39 is 0 Å². The molecule has 2 aromatic rings. The fourth-order valence-corrected chi connectivity index (χ4v) is 3.30. The van der Waals surface area contributed by atoms with Crippen LogP contribution < -0.4 is 15.4 Å². The first kappa shape index (κ1) is 19.5. The Labute approximate surface area is 165 Å². The van der Waals surface area contributed by atoms with E-state index in [1.165, 1.54) is 5.56 Å². The molecule has 2 N–H and O–H groups in total. The summed E-state index contributed by atoms with van der Waals surface area (Å²) in [7, 11) is 0. The fraction of sp³-hybridized carbons (Fsp3) is 0.381. The predicted octanol–water partition coefficient (Wildman–Crippen LogP) is 3.68. The van der Waals surface area contributed by atoms with Gasteiger partial charge in [0, 0.05) is 30.7 Å². The molecule has 2 amide bonds. The van der Waals surface area contributed by atoms with Crippen molar-refractivity contribution in [2.75, 3.05) is 26.2 Å². The highest BCUT2D eigenvalue weighted by atomic mass is 35.5. The maximum Gasteiger partial charge on any atom is 0.315 e. The molecule has 0 bridgehead atoms. The summed E-state index contributed by atoms with van der Waals surface area (Å²) in [5, 5.41) is 6.58. The zero-order valence-electron chi connectivity index (χ0n) is 15.4. The molecule has 27 heavy (non-hydrogen) atoms. The van der Waals surface area contributed by atoms with Crippen molar-refractivity contribution in [2.45, 2.75) is 25.4 Å². The summed E-state index contributed by atoms with van der Waals surface area (Å²) < 4.78 is 5.56. The van der Waals surface area contributed by atoms with Crippen LogP contribution in [0.4, 0.5) is 4.79 Å². The number of rotatable bonds is 7. The average molecular weight is 388 g/mol. The van der Waals surface area contributed by atoms with E-state index in [-0.39, 0.29) is 12.1 Å². The van der Waals surface area contributed by atoms with Crippen LogP contribution in [0.5, 0.6) is 5.75 Å². The quantitative estimate of drug-likeness (QED) is 0.712. The highest BCUT2D eigenvalue weighted by Gasteiger charge is 2.20. The van der Waals surface area contributed by atoms with Gasteiger partial charge in [0.05, 0.1) is 6.54 Å². The third-order valence-electron chi connectivity index (χ3n) is 4.64. The fourth-order valence-electron chi connectivity index (χ4n) is 3.18. The number of nitrogens with one attached hydrogen (secondary N) is 2. The number of hydrogen-bond acceptors (Lipinski definition) is 3. The highest BCUT2D eigenvalue weighted by Crippen LogP contribution is 2.15. The highest BCUT2D eigenvalue weighted by molar-refractivity contribution is 6.30. The third-order valence-corrected chi connectivity index (χ3v) is 4.89. The first-order valence-electron chi connectivity index (χ1n) is 9.38. The Morgan fingerprint density at radius 1 is 1.07 bits per heavy atom. The Bertz CT molecular complexity index is 701. The van der Waals surface area contributed by atoms with Crippen LogP contribution in [0.15, 0.2) is 54.6 Å². The number of halogens is 1. The standard InChI is InChI=1S/C21H26ClN3O2/c22-18-6-8-20(9-7-18)27-15-12-23-21(26)24-19-10-13-25(14-11-19)16-17-4-2-1-3-5-17/h1-9,19H,10-16H2,(H2,23,24,26). The molecular weight excluding hydrogens is 362 g/mol. The van der Waals surface area contributed by atoms with Gasteiger partial charge in [-0.1, -0.05) is 41.9 Å². The molecule has 1 aliphatic heterocycles. The van der Waals surface area contributed by atoms with Gasteiger partial charge in [0.2, 0.25) is 0 Å². The lowest BCUT2D eigenvalue weighted by atomic mass is 10.0. The van der Waals surface area contributed by atoms with E-state index in [0.29, 0.717) is 18.2 Å². The van der Waals surface area contributed by atoms with Gasteiger partial charge in [-0.25, -0.2) is 4.79 Å². The lowest BCUT2D eigenvalue weighted by Gasteiger charge is -2.32. The predicted molar refractivity (Wildman–Crippen MR) is 108 cm³/mol. The second-order valence-electron chi connectivity index (χ2n) is 6.74. The van der Waals surface area contributed by atoms with Gasteiger partial charge >= 0.3 is 6.03 Å². The SMILES string of the molecule is O=C(NCCOc1ccc(Cl)cc1)NC1CCN(Cc2ccccc2)CC1. The number of piperidine rings is 1. The number of ether oxygens (including phenoxy) is 1. The van der Waals surface area contributed by atoms with Gasteiger partial charge in [0.15, 0.2) is 0 Å². The summed E-state index contributed by atoms with van der Waals surface area (Å²) in [4.78, 5) is 14.5. The van der Waals surface area contributed by atoms with Gasteiger partial charge < -0.3 is 15.4 Å². The zero-order chi connectivity index (χ0) is 18.9. The third kappa shape index (κ3) is 6.77. The molecule has 0 spiro atoms. The van der Waals surface area contributed by atoms with Gasteiger partial charge in [-0.2, -0.15) is 0 Å². The van der Waals surface area contributed by atoms with E-state index in [1.807, 2.05) is 18.2 Å². The van der Waals surface area contributed by atoms with Crippen molar-refractivity contribution < 1.29 is 9.53 Å². The smallest absolute Gasteiger partial charge is 0.315 e. The van der Waals surface area contributed by atoms with Crippen LogP contribution in [-0.4, -0.2) is 43.2 Å². The van der Waals surface area contributed by atoms with Crippen LogP contribution >= 0.6 is 11.6 Å². The van der Waals surface area contributed by atoms with Crippen molar-refractivity contribution >= 4 is 17.6 Å². The molecule has 0 aromatic heterocycles. The average Bonchev–Trinajstić information content (AvgIpc) is 2.69. The van der Waals surface area contributed by atoms with Crippen molar-refractivity contribution in [2.24, 2.45) is 0 Å². The minimum absolute atomic E-state index is 0.129. The molecular formula is C21H26ClN3O2. The molecule has 3 rings (SSSR count). The molecule has 1 heterocycles. The van der Waals surface area contributed by atoms with Crippen LogP contribution in [0, 0.1) is 0 Å². The maximum absolute atomic E-state index is 12.0. The molecule has 0 saturated carbocycles. The largest absolute Gasteiger partial charge is 0.492 e. The lowest BCUT2D eigenvalue weighted by molar-refractivity contribution is 0.186. The molecule has 5 nitrogen and oxygen atoms in total. The van der Waals surface area contributed by atoms with E-state index in [2.05, 4.69) is 39.8 Å². The Kier molecular flexibility index (Phi) is 7.36. The van der Waals surface area contributed by atoms with E-state index in [9.17, 15) is 4.79 Å². The van der Waals surface area contributed by atoms with Crippen LogP contribution in [0.2, 0.25) is 5.02 Å². The number of likely N-dealkylation sites (tertiary alicyclic amines) is 1. The van der Waals surface area contributed by atoms with Crippen LogP contribution in [-0.2, 0) is 6.54 Å². The Balaban J connectivity index is 1.28. The molecule has 1 saturated heterocycles. The Morgan fingerprint density at radius 2 is 1.78 bits per heavy atom. The number of hydrogen-bond donors (Lipinski definition) is 2. The summed E-state index contributed by atoms with van der Waals surface area (Å²) in [6.07, 6.45) is 1.95. The molecule has 1 fully saturated rings. The van der Waals surface area contributed by atoms with E-state index in [0.717, 1.165) is 38.2 Å². The van der Waals surface area contributed by atoms with Crippen molar-refractivity contribution in [3.05, 3.63) is 65.2 Å². The van der Waals surface area contributed by atoms with E-state index >= 15 is 0 Å². The van der Waals surface area contributed by atoms with Crippen LogP contribution in [0.3, 0.4) is 0 Å². The second kappa shape index (κ2) is 10.2. The topological polar surface area (TPSA) is 53.6 Å². The molecule has 6 heteroatoms. The normalized spacial score (nSPS) is 15.3. The van der Waals surface area contributed by atoms with Gasteiger partial charge in [0.1, 0.15) is 12.4 Å². The van der Waals surface area contributed by atoms with Crippen LogP contribution in [0.25, 0.3) is 0 Å². The van der Waals surface area contributed by atoms with Crippen molar-refractivity contribution in [3.8, 4) is 5.75 Å². The number of carbonyl (C=O) groups is 1. The molecule has 0 unspecified atom stereocenters. The van der Waals surface area contributed by atoms with Crippen molar-refractivity contribution in [3.63, 3.8) is 0 Å². The number of urea groups is 1. The molecule has 0 aliphatic carbocycles.